The molecule has 0 unspecified atom stereocenters. The molecule has 2 N–H and O–H groups in total. The summed E-state index contributed by atoms with van der Waals surface area (Å²) in [7, 11) is 1.58. The normalized spacial score (nSPS) is 10.2. The zero-order valence-electron chi connectivity index (χ0n) is 13.9. The van der Waals surface area contributed by atoms with Gasteiger partial charge >= 0.3 is 6.03 Å². The lowest BCUT2D eigenvalue weighted by molar-refractivity contribution is -0.116. The van der Waals surface area contributed by atoms with Crippen LogP contribution in [0.15, 0.2) is 46.9 Å². The highest BCUT2D eigenvalue weighted by Crippen LogP contribution is 2.20. The van der Waals surface area contributed by atoms with Gasteiger partial charge in [0.25, 0.3) is 0 Å². The fourth-order valence-corrected chi connectivity index (χ4v) is 2.66. The summed E-state index contributed by atoms with van der Waals surface area (Å²) in [5.41, 5.74) is 3.44. The van der Waals surface area contributed by atoms with Crippen molar-refractivity contribution in [2.24, 2.45) is 0 Å². The number of benzene rings is 2. The topological polar surface area (TPSA) is 61.4 Å². The van der Waals surface area contributed by atoms with Gasteiger partial charge < -0.3 is 15.5 Å². The lowest BCUT2D eigenvalue weighted by Crippen LogP contribution is -2.37. The van der Waals surface area contributed by atoms with Crippen LogP contribution in [-0.4, -0.2) is 30.4 Å². The van der Waals surface area contributed by atoms with Gasteiger partial charge in [-0.2, -0.15) is 0 Å². The molecule has 0 aliphatic heterocycles. The lowest BCUT2D eigenvalue weighted by Gasteiger charge is -2.18. The van der Waals surface area contributed by atoms with Crippen molar-refractivity contribution in [3.8, 4) is 0 Å². The minimum Gasteiger partial charge on any atom is -0.324 e. The molecule has 0 aliphatic rings. The Labute approximate surface area is 150 Å². The Balaban J connectivity index is 1.92. The summed E-state index contributed by atoms with van der Waals surface area (Å²) in [5.74, 6) is -0.248. The molecule has 0 atom stereocenters. The van der Waals surface area contributed by atoms with Gasteiger partial charge in [0.1, 0.15) is 6.54 Å². The van der Waals surface area contributed by atoms with Crippen LogP contribution in [0.25, 0.3) is 0 Å². The summed E-state index contributed by atoms with van der Waals surface area (Å²) < 4.78 is 0.952. The number of likely N-dealkylation sites (N-methyl/N-ethyl adjacent to an activating group) is 1. The number of rotatable bonds is 4. The number of amides is 3. The third-order valence-corrected chi connectivity index (χ3v) is 3.95. The van der Waals surface area contributed by atoms with Crippen LogP contribution >= 0.6 is 15.9 Å². The predicted octanol–water partition coefficient (Wildman–Crippen LogP) is 4.17. The molecule has 0 aliphatic carbocycles. The van der Waals surface area contributed by atoms with Gasteiger partial charge in [-0.15, -0.1) is 0 Å². The van der Waals surface area contributed by atoms with Gasteiger partial charge in [-0.1, -0.05) is 28.1 Å². The highest BCUT2D eigenvalue weighted by molar-refractivity contribution is 9.10. The van der Waals surface area contributed by atoms with Gasteiger partial charge in [0.15, 0.2) is 0 Å². The number of halogens is 1. The molecule has 0 aromatic heterocycles. The van der Waals surface area contributed by atoms with Gasteiger partial charge in [-0.05, 0) is 55.3 Å². The van der Waals surface area contributed by atoms with Crippen molar-refractivity contribution in [3.63, 3.8) is 0 Å². The first-order valence-electron chi connectivity index (χ1n) is 7.50. The van der Waals surface area contributed by atoms with E-state index in [1.54, 1.807) is 7.05 Å². The molecule has 2 aromatic carbocycles. The van der Waals surface area contributed by atoms with E-state index in [4.69, 9.17) is 0 Å². The number of hydrogen-bond donors (Lipinski definition) is 2. The van der Waals surface area contributed by atoms with E-state index in [9.17, 15) is 9.59 Å². The molecule has 126 valence electrons. The molecule has 0 bridgehead atoms. The van der Waals surface area contributed by atoms with E-state index in [1.165, 1.54) is 4.90 Å². The average molecular weight is 390 g/mol. The van der Waals surface area contributed by atoms with Crippen LogP contribution in [0.3, 0.4) is 0 Å². The molecule has 6 heteroatoms. The van der Waals surface area contributed by atoms with Crippen molar-refractivity contribution in [1.29, 1.82) is 0 Å². The second-order valence-corrected chi connectivity index (χ2v) is 6.58. The van der Waals surface area contributed by atoms with Crippen molar-refractivity contribution in [2.45, 2.75) is 13.8 Å². The Kier molecular flexibility index (Phi) is 5.98. The molecular weight excluding hydrogens is 370 g/mol. The van der Waals surface area contributed by atoms with Crippen LogP contribution in [0.2, 0.25) is 0 Å². The fraction of sp³-hybridized carbons (Fsp3) is 0.222. The van der Waals surface area contributed by atoms with E-state index >= 15 is 0 Å². The summed E-state index contributed by atoms with van der Waals surface area (Å²) in [6.45, 7) is 3.83. The third-order valence-electron chi connectivity index (χ3n) is 3.46. The van der Waals surface area contributed by atoms with Gasteiger partial charge in [-0.25, -0.2) is 4.79 Å². The van der Waals surface area contributed by atoms with E-state index < -0.39 is 0 Å². The minimum absolute atomic E-state index is 0.0346. The molecule has 0 heterocycles. The Morgan fingerprint density at radius 2 is 1.83 bits per heavy atom. The quantitative estimate of drug-likeness (QED) is 0.823. The molecule has 24 heavy (non-hydrogen) atoms. The zero-order valence-corrected chi connectivity index (χ0v) is 15.5. The maximum atomic E-state index is 12.2. The first kappa shape index (κ1) is 18.0. The van der Waals surface area contributed by atoms with Gasteiger partial charge in [0.2, 0.25) is 5.91 Å². The van der Waals surface area contributed by atoms with Crippen molar-refractivity contribution in [3.05, 3.63) is 58.1 Å². The number of urea groups is 1. The molecule has 0 saturated heterocycles. The minimum atomic E-state index is -0.330. The Bertz CT molecular complexity index is 762. The van der Waals surface area contributed by atoms with Crippen LogP contribution in [0, 0.1) is 13.8 Å². The molecule has 2 aromatic rings. The van der Waals surface area contributed by atoms with Crippen molar-refractivity contribution in [1.82, 2.24) is 4.90 Å². The summed E-state index contributed by atoms with van der Waals surface area (Å²) in [6, 6.07) is 12.8. The van der Waals surface area contributed by atoms with E-state index in [-0.39, 0.29) is 18.5 Å². The molecule has 0 radical (unpaired) electrons. The van der Waals surface area contributed by atoms with Gasteiger partial charge in [-0.3, -0.25) is 4.79 Å². The van der Waals surface area contributed by atoms with Crippen molar-refractivity contribution >= 4 is 39.2 Å². The molecular formula is C18H20BrN3O2. The van der Waals surface area contributed by atoms with Crippen LogP contribution in [0.4, 0.5) is 16.2 Å². The monoisotopic (exact) mass is 389 g/mol. The molecule has 5 nitrogen and oxygen atoms in total. The molecule has 0 saturated carbocycles. The van der Waals surface area contributed by atoms with E-state index in [2.05, 4.69) is 26.6 Å². The maximum Gasteiger partial charge on any atom is 0.322 e. The number of aryl methyl sites for hydroxylation is 2. The van der Waals surface area contributed by atoms with Crippen molar-refractivity contribution < 1.29 is 9.59 Å². The standard InChI is InChI=1S/C18H20BrN3O2/c1-12-5-4-6-15(9-12)20-18(24)22(3)11-17(23)21-16-8-7-14(19)10-13(16)2/h4-10H,11H2,1-3H3,(H,20,24)(H,21,23). The van der Waals surface area contributed by atoms with Crippen molar-refractivity contribution in [2.75, 3.05) is 24.2 Å². The molecule has 2 rings (SSSR count). The summed E-state index contributed by atoms with van der Waals surface area (Å²) >= 11 is 3.38. The molecule has 3 amide bonds. The number of nitrogens with zero attached hydrogens (tertiary/aromatic N) is 1. The summed E-state index contributed by atoms with van der Waals surface area (Å²) in [5, 5.41) is 5.59. The largest absolute Gasteiger partial charge is 0.324 e. The second-order valence-electron chi connectivity index (χ2n) is 5.66. The fourth-order valence-electron chi connectivity index (χ4n) is 2.19. The van der Waals surface area contributed by atoms with Crippen LogP contribution in [0.5, 0.6) is 0 Å². The number of carbonyl (C=O) groups is 2. The van der Waals surface area contributed by atoms with Gasteiger partial charge in [0, 0.05) is 22.9 Å². The second kappa shape index (κ2) is 7.97. The summed E-state index contributed by atoms with van der Waals surface area (Å²) in [6.07, 6.45) is 0. The van der Waals surface area contributed by atoms with Gasteiger partial charge in [0.05, 0.1) is 0 Å². The summed E-state index contributed by atoms with van der Waals surface area (Å²) in [4.78, 5) is 25.6. The first-order valence-corrected chi connectivity index (χ1v) is 8.29. The van der Waals surface area contributed by atoms with E-state index in [0.717, 1.165) is 21.3 Å². The van der Waals surface area contributed by atoms with E-state index in [0.29, 0.717) is 5.69 Å². The maximum absolute atomic E-state index is 12.2. The Morgan fingerprint density at radius 1 is 1.08 bits per heavy atom. The predicted molar refractivity (Wildman–Crippen MR) is 100 cm³/mol. The highest BCUT2D eigenvalue weighted by Gasteiger charge is 2.14. The number of carbonyl (C=O) groups excluding carboxylic acids is 2. The molecule has 0 fully saturated rings. The average Bonchev–Trinajstić information content (AvgIpc) is 2.50. The highest BCUT2D eigenvalue weighted by atomic mass is 79.9. The lowest BCUT2D eigenvalue weighted by atomic mass is 10.2. The number of anilines is 2. The first-order chi connectivity index (χ1) is 11.3. The number of hydrogen-bond acceptors (Lipinski definition) is 2. The third kappa shape index (κ3) is 5.09. The SMILES string of the molecule is Cc1cccc(NC(=O)N(C)CC(=O)Nc2ccc(Br)cc2C)c1. The van der Waals surface area contributed by atoms with Crippen LogP contribution < -0.4 is 10.6 Å². The zero-order chi connectivity index (χ0) is 17.7. The van der Waals surface area contributed by atoms with Crippen LogP contribution in [-0.2, 0) is 4.79 Å². The Hall–Kier alpha value is -2.34. The van der Waals surface area contributed by atoms with E-state index in [1.807, 2.05) is 56.3 Å². The van der Waals surface area contributed by atoms with Crippen LogP contribution in [0.1, 0.15) is 11.1 Å². The number of nitrogens with one attached hydrogen (secondary N) is 2. The molecule has 0 spiro atoms. The smallest absolute Gasteiger partial charge is 0.322 e. The Morgan fingerprint density at radius 3 is 2.50 bits per heavy atom.